The van der Waals surface area contributed by atoms with Crippen molar-refractivity contribution in [1.29, 1.82) is 0 Å². The number of benzene rings is 1. The summed E-state index contributed by atoms with van der Waals surface area (Å²) in [5.74, 6) is 1.47. The monoisotopic (exact) mass is 358 g/mol. The predicted octanol–water partition coefficient (Wildman–Crippen LogP) is 3.56. The Labute approximate surface area is 158 Å². The van der Waals surface area contributed by atoms with Crippen molar-refractivity contribution in [3.63, 3.8) is 0 Å². The molecule has 1 N–H and O–H groups in total. The molecule has 136 valence electrons. The predicted molar refractivity (Wildman–Crippen MR) is 102 cm³/mol. The third kappa shape index (κ3) is 3.03. The first-order valence-corrected chi connectivity index (χ1v) is 9.65. The van der Waals surface area contributed by atoms with E-state index < -0.39 is 0 Å². The van der Waals surface area contributed by atoms with E-state index in [1.165, 1.54) is 11.3 Å². The molecule has 0 saturated heterocycles. The van der Waals surface area contributed by atoms with E-state index in [0.29, 0.717) is 5.92 Å². The Morgan fingerprint density at radius 3 is 2.78 bits per heavy atom. The van der Waals surface area contributed by atoms with E-state index in [-0.39, 0.29) is 17.9 Å². The van der Waals surface area contributed by atoms with Gasteiger partial charge in [-0.05, 0) is 49.3 Å². The number of carbonyl (C=O) groups excluding carboxylic acids is 1. The Morgan fingerprint density at radius 2 is 1.96 bits per heavy atom. The van der Waals surface area contributed by atoms with E-state index in [9.17, 15) is 4.79 Å². The molecule has 3 aromatic rings. The number of fused-ring (bicyclic) bond motifs is 1. The summed E-state index contributed by atoms with van der Waals surface area (Å²) in [6, 6.07) is 16.2. The molecule has 5 heteroatoms. The molecule has 1 saturated carbocycles. The summed E-state index contributed by atoms with van der Waals surface area (Å²) < 4.78 is 1.91. The lowest BCUT2D eigenvalue weighted by molar-refractivity contribution is -0.123. The molecule has 1 amide bonds. The highest BCUT2D eigenvalue weighted by Crippen LogP contribution is 2.48. The number of pyridine rings is 1. The van der Waals surface area contributed by atoms with Crippen molar-refractivity contribution in [2.24, 2.45) is 5.92 Å². The Hall–Kier alpha value is -2.95. The summed E-state index contributed by atoms with van der Waals surface area (Å²) in [6.45, 7) is 0. The van der Waals surface area contributed by atoms with Crippen LogP contribution in [0.2, 0.25) is 0 Å². The molecule has 27 heavy (non-hydrogen) atoms. The standard InChI is InChI=1S/C22H22N4O/c27-22(17-13-16(17)15-7-2-1-3-8-15)25-19-9-6-10-20-18(19)14-24-26(20)21-11-4-5-12-23-21/h1-5,7-8,11-12,14,16-17,19H,6,9-10,13H2,(H,25,27)/t16-,17+,19-/m1/s1. The fourth-order valence-corrected chi connectivity index (χ4v) is 4.22. The lowest BCUT2D eigenvalue weighted by atomic mass is 9.92. The molecule has 1 aromatic carbocycles. The minimum Gasteiger partial charge on any atom is -0.349 e. The normalized spacial score (nSPS) is 23.5. The first kappa shape index (κ1) is 16.2. The number of hydrogen-bond acceptors (Lipinski definition) is 3. The van der Waals surface area contributed by atoms with E-state index in [1.54, 1.807) is 6.20 Å². The fraction of sp³-hybridized carbons (Fsp3) is 0.318. The average molecular weight is 358 g/mol. The lowest BCUT2D eigenvalue weighted by Crippen LogP contribution is -2.32. The summed E-state index contributed by atoms with van der Waals surface area (Å²) in [5.41, 5.74) is 3.57. The van der Waals surface area contributed by atoms with Crippen LogP contribution >= 0.6 is 0 Å². The van der Waals surface area contributed by atoms with Gasteiger partial charge in [0.2, 0.25) is 5.91 Å². The number of rotatable bonds is 4. The molecule has 0 radical (unpaired) electrons. The zero-order valence-electron chi connectivity index (χ0n) is 15.1. The molecule has 2 aliphatic rings. The highest BCUT2D eigenvalue weighted by atomic mass is 16.2. The topological polar surface area (TPSA) is 59.8 Å². The summed E-state index contributed by atoms with van der Waals surface area (Å²) >= 11 is 0. The molecule has 3 atom stereocenters. The van der Waals surface area contributed by atoms with Gasteiger partial charge in [0.1, 0.15) is 0 Å². The Bertz CT molecular complexity index is 951. The zero-order chi connectivity index (χ0) is 18.2. The smallest absolute Gasteiger partial charge is 0.224 e. The van der Waals surface area contributed by atoms with Crippen molar-refractivity contribution in [3.8, 4) is 5.82 Å². The van der Waals surface area contributed by atoms with Gasteiger partial charge in [0.15, 0.2) is 5.82 Å². The Balaban J connectivity index is 1.32. The highest BCUT2D eigenvalue weighted by Gasteiger charge is 2.44. The van der Waals surface area contributed by atoms with Crippen molar-refractivity contribution < 1.29 is 4.79 Å². The van der Waals surface area contributed by atoms with Crippen LogP contribution in [-0.4, -0.2) is 20.7 Å². The number of nitrogens with one attached hydrogen (secondary N) is 1. The van der Waals surface area contributed by atoms with Gasteiger partial charge < -0.3 is 5.32 Å². The molecule has 0 aliphatic heterocycles. The number of hydrogen-bond donors (Lipinski definition) is 1. The second-order valence-corrected chi connectivity index (χ2v) is 7.46. The molecular formula is C22H22N4O. The number of amides is 1. The summed E-state index contributed by atoms with van der Waals surface area (Å²) in [7, 11) is 0. The second-order valence-electron chi connectivity index (χ2n) is 7.46. The van der Waals surface area contributed by atoms with Crippen molar-refractivity contribution in [2.75, 3.05) is 0 Å². The quantitative estimate of drug-likeness (QED) is 0.776. The van der Waals surface area contributed by atoms with Gasteiger partial charge in [-0.25, -0.2) is 9.67 Å². The van der Waals surface area contributed by atoms with Crippen LogP contribution < -0.4 is 5.32 Å². The third-order valence-electron chi connectivity index (χ3n) is 5.72. The molecule has 0 unspecified atom stereocenters. The van der Waals surface area contributed by atoms with Crippen LogP contribution in [0.1, 0.15) is 48.0 Å². The van der Waals surface area contributed by atoms with Gasteiger partial charge in [0, 0.05) is 17.7 Å². The van der Waals surface area contributed by atoms with Gasteiger partial charge in [-0.1, -0.05) is 36.4 Å². The maximum atomic E-state index is 12.8. The van der Waals surface area contributed by atoms with E-state index in [0.717, 1.165) is 37.1 Å². The van der Waals surface area contributed by atoms with E-state index in [1.807, 2.05) is 47.3 Å². The number of nitrogens with zero attached hydrogens (tertiary/aromatic N) is 3. The summed E-state index contributed by atoms with van der Waals surface area (Å²) in [5, 5.41) is 7.84. The van der Waals surface area contributed by atoms with Crippen LogP contribution in [0.15, 0.2) is 60.9 Å². The highest BCUT2D eigenvalue weighted by molar-refractivity contribution is 5.83. The van der Waals surface area contributed by atoms with Crippen molar-refractivity contribution in [1.82, 2.24) is 20.1 Å². The van der Waals surface area contributed by atoms with Crippen LogP contribution in [0.5, 0.6) is 0 Å². The molecule has 2 aromatic heterocycles. The fourth-order valence-electron chi connectivity index (χ4n) is 4.22. The van der Waals surface area contributed by atoms with Crippen molar-refractivity contribution in [2.45, 2.75) is 37.6 Å². The van der Waals surface area contributed by atoms with Crippen LogP contribution in [-0.2, 0) is 11.2 Å². The molecule has 5 rings (SSSR count). The maximum absolute atomic E-state index is 12.8. The van der Waals surface area contributed by atoms with E-state index in [2.05, 4.69) is 27.5 Å². The second kappa shape index (κ2) is 6.65. The number of aromatic nitrogens is 3. The van der Waals surface area contributed by atoms with Gasteiger partial charge in [-0.2, -0.15) is 5.10 Å². The van der Waals surface area contributed by atoms with Gasteiger partial charge in [0.05, 0.1) is 17.9 Å². The van der Waals surface area contributed by atoms with Gasteiger partial charge in [-0.3, -0.25) is 4.79 Å². The van der Waals surface area contributed by atoms with Gasteiger partial charge in [-0.15, -0.1) is 0 Å². The van der Waals surface area contributed by atoms with Gasteiger partial charge >= 0.3 is 0 Å². The van der Waals surface area contributed by atoms with Crippen LogP contribution in [0.4, 0.5) is 0 Å². The minimum absolute atomic E-state index is 0.0516. The van der Waals surface area contributed by atoms with E-state index >= 15 is 0 Å². The Morgan fingerprint density at radius 1 is 1.11 bits per heavy atom. The summed E-state index contributed by atoms with van der Waals surface area (Å²) in [4.78, 5) is 17.2. The third-order valence-corrected chi connectivity index (χ3v) is 5.72. The zero-order valence-corrected chi connectivity index (χ0v) is 15.1. The maximum Gasteiger partial charge on any atom is 0.224 e. The minimum atomic E-state index is 0.0516. The van der Waals surface area contributed by atoms with Crippen LogP contribution in [0.25, 0.3) is 5.82 Å². The van der Waals surface area contributed by atoms with Crippen LogP contribution in [0, 0.1) is 5.92 Å². The number of carbonyl (C=O) groups is 1. The van der Waals surface area contributed by atoms with Crippen molar-refractivity contribution >= 4 is 5.91 Å². The lowest BCUT2D eigenvalue weighted by Gasteiger charge is -2.24. The Kier molecular flexibility index (Phi) is 4.00. The van der Waals surface area contributed by atoms with Crippen LogP contribution in [0.3, 0.4) is 0 Å². The molecular weight excluding hydrogens is 336 g/mol. The molecule has 0 spiro atoms. The molecule has 0 bridgehead atoms. The largest absolute Gasteiger partial charge is 0.349 e. The molecule has 2 heterocycles. The molecule has 1 fully saturated rings. The molecule has 5 nitrogen and oxygen atoms in total. The first-order valence-electron chi connectivity index (χ1n) is 9.65. The SMILES string of the molecule is O=C(N[C@@H]1CCCc2c1cnn2-c1ccccn1)[C@H]1C[C@@H]1c1ccccc1. The first-order chi connectivity index (χ1) is 13.3. The average Bonchev–Trinajstić information content (AvgIpc) is 3.41. The summed E-state index contributed by atoms with van der Waals surface area (Å²) in [6.07, 6.45) is 7.60. The molecule has 2 aliphatic carbocycles. The van der Waals surface area contributed by atoms with Gasteiger partial charge in [0.25, 0.3) is 0 Å². The van der Waals surface area contributed by atoms with E-state index in [4.69, 9.17) is 0 Å². The van der Waals surface area contributed by atoms with Crippen molar-refractivity contribution in [3.05, 3.63) is 77.7 Å².